The Labute approximate surface area is 131 Å². The van der Waals surface area contributed by atoms with E-state index in [1.807, 2.05) is 41.9 Å². The minimum atomic E-state index is 0.232. The fourth-order valence-electron chi connectivity index (χ4n) is 2.38. The number of hydrogen-bond acceptors (Lipinski definition) is 3. The fraction of sp³-hybridized carbons (Fsp3) is 0.438. The largest absolute Gasteiger partial charge is 0.383 e. The minimum Gasteiger partial charge on any atom is -0.383 e. The first kappa shape index (κ1) is 15.9. The lowest BCUT2D eigenvalue weighted by molar-refractivity contribution is 0.183. The summed E-state index contributed by atoms with van der Waals surface area (Å²) in [5.74, 6) is 1.47. The number of para-hydroxylation sites is 1. The van der Waals surface area contributed by atoms with E-state index >= 15 is 0 Å². The third kappa shape index (κ3) is 3.22. The first-order chi connectivity index (χ1) is 10.1. The standard InChI is InChI=1S/C16H22ClN3O/c1-12(11-21-4)19(3)16-15(10-17)13(2)18-20(16)14-8-6-5-7-9-14/h5-9,12H,10-11H2,1-4H3. The van der Waals surface area contributed by atoms with Gasteiger partial charge in [0.25, 0.3) is 0 Å². The molecule has 0 spiro atoms. The van der Waals surface area contributed by atoms with E-state index in [0.717, 1.165) is 22.8 Å². The summed E-state index contributed by atoms with van der Waals surface area (Å²) >= 11 is 6.15. The van der Waals surface area contributed by atoms with Crippen LogP contribution >= 0.6 is 11.6 Å². The fourth-order valence-corrected chi connectivity index (χ4v) is 2.69. The first-order valence-electron chi connectivity index (χ1n) is 7.01. The highest BCUT2D eigenvalue weighted by Gasteiger charge is 2.22. The number of nitrogens with zero attached hydrogens (tertiary/aromatic N) is 3. The van der Waals surface area contributed by atoms with Gasteiger partial charge < -0.3 is 9.64 Å². The molecule has 1 aromatic carbocycles. The second-order valence-electron chi connectivity index (χ2n) is 5.18. The van der Waals surface area contributed by atoms with E-state index < -0.39 is 0 Å². The van der Waals surface area contributed by atoms with Gasteiger partial charge in [0, 0.05) is 19.7 Å². The topological polar surface area (TPSA) is 30.3 Å². The second-order valence-corrected chi connectivity index (χ2v) is 5.45. The van der Waals surface area contributed by atoms with E-state index in [0.29, 0.717) is 12.5 Å². The summed E-state index contributed by atoms with van der Waals surface area (Å²) in [4.78, 5) is 2.17. The van der Waals surface area contributed by atoms with E-state index in [1.54, 1.807) is 7.11 Å². The molecule has 4 nitrogen and oxygen atoms in total. The van der Waals surface area contributed by atoms with Crippen LogP contribution in [0, 0.1) is 6.92 Å². The molecule has 5 heteroatoms. The molecule has 2 aromatic rings. The van der Waals surface area contributed by atoms with Crippen molar-refractivity contribution in [2.24, 2.45) is 0 Å². The summed E-state index contributed by atoms with van der Waals surface area (Å²) in [6, 6.07) is 10.3. The van der Waals surface area contributed by atoms with Gasteiger partial charge in [-0.3, -0.25) is 0 Å². The van der Waals surface area contributed by atoms with E-state index in [9.17, 15) is 0 Å². The van der Waals surface area contributed by atoms with Crippen LogP contribution in [0.3, 0.4) is 0 Å². The normalized spacial score (nSPS) is 12.4. The van der Waals surface area contributed by atoms with Crippen molar-refractivity contribution >= 4 is 17.4 Å². The van der Waals surface area contributed by atoms with Crippen LogP contribution in [0.25, 0.3) is 5.69 Å². The molecule has 1 heterocycles. The molecule has 0 saturated carbocycles. The van der Waals surface area contributed by atoms with Crippen LogP contribution in [-0.2, 0) is 10.6 Å². The van der Waals surface area contributed by atoms with Crippen LogP contribution in [-0.4, -0.2) is 36.6 Å². The van der Waals surface area contributed by atoms with Crippen LogP contribution in [0.4, 0.5) is 5.82 Å². The Kier molecular flexibility index (Phi) is 5.26. The third-order valence-electron chi connectivity index (χ3n) is 3.69. The van der Waals surface area contributed by atoms with Crippen LogP contribution in [0.1, 0.15) is 18.2 Å². The molecular weight excluding hydrogens is 286 g/mol. The smallest absolute Gasteiger partial charge is 0.137 e. The predicted molar refractivity (Wildman–Crippen MR) is 87.6 cm³/mol. The molecule has 2 rings (SSSR count). The van der Waals surface area contributed by atoms with Crippen molar-refractivity contribution in [2.75, 3.05) is 25.7 Å². The maximum Gasteiger partial charge on any atom is 0.137 e. The highest BCUT2D eigenvalue weighted by Crippen LogP contribution is 2.29. The molecule has 0 saturated heterocycles. The lowest BCUT2D eigenvalue weighted by Gasteiger charge is -2.28. The number of aromatic nitrogens is 2. The van der Waals surface area contributed by atoms with Crippen molar-refractivity contribution in [3.63, 3.8) is 0 Å². The van der Waals surface area contributed by atoms with E-state index in [-0.39, 0.29) is 6.04 Å². The second kappa shape index (κ2) is 6.96. The Bertz CT molecular complexity index is 583. The number of rotatable bonds is 6. The Balaban J connectivity index is 2.52. The molecule has 0 fully saturated rings. The zero-order chi connectivity index (χ0) is 15.4. The lowest BCUT2D eigenvalue weighted by Crippen LogP contribution is -2.34. The molecule has 0 aliphatic carbocycles. The third-order valence-corrected chi connectivity index (χ3v) is 3.96. The van der Waals surface area contributed by atoms with Gasteiger partial charge in [-0.05, 0) is 26.0 Å². The highest BCUT2D eigenvalue weighted by atomic mass is 35.5. The van der Waals surface area contributed by atoms with Crippen LogP contribution < -0.4 is 4.90 Å². The van der Waals surface area contributed by atoms with Crippen LogP contribution in [0.5, 0.6) is 0 Å². The van der Waals surface area contributed by atoms with Gasteiger partial charge in [-0.2, -0.15) is 5.10 Å². The summed E-state index contributed by atoms with van der Waals surface area (Å²) in [6.45, 7) is 4.77. The molecule has 1 atom stereocenters. The van der Waals surface area contributed by atoms with Gasteiger partial charge in [-0.1, -0.05) is 18.2 Å². The van der Waals surface area contributed by atoms with Crippen molar-refractivity contribution in [1.29, 1.82) is 0 Å². The maximum atomic E-state index is 6.15. The molecule has 1 unspecified atom stereocenters. The minimum absolute atomic E-state index is 0.232. The zero-order valence-corrected chi connectivity index (χ0v) is 13.8. The Hall–Kier alpha value is -1.52. The number of hydrogen-bond donors (Lipinski definition) is 0. The summed E-state index contributed by atoms with van der Waals surface area (Å²) in [6.07, 6.45) is 0. The molecule has 0 radical (unpaired) electrons. The van der Waals surface area contributed by atoms with Crippen LogP contribution in [0.15, 0.2) is 30.3 Å². The monoisotopic (exact) mass is 307 g/mol. The van der Waals surface area contributed by atoms with Gasteiger partial charge in [0.05, 0.1) is 29.9 Å². The SMILES string of the molecule is COCC(C)N(C)c1c(CCl)c(C)nn1-c1ccccc1. The Morgan fingerprint density at radius 2 is 2.00 bits per heavy atom. The van der Waals surface area contributed by atoms with Gasteiger partial charge in [0.1, 0.15) is 5.82 Å². The molecule has 0 amide bonds. The first-order valence-corrected chi connectivity index (χ1v) is 7.55. The number of likely N-dealkylation sites (N-methyl/N-ethyl adjacent to an activating group) is 1. The molecule has 21 heavy (non-hydrogen) atoms. The van der Waals surface area contributed by atoms with Gasteiger partial charge in [-0.15, -0.1) is 11.6 Å². The van der Waals surface area contributed by atoms with Crippen molar-refractivity contribution < 1.29 is 4.74 Å². The number of halogens is 1. The average Bonchev–Trinajstić information content (AvgIpc) is 2.84. The van der Waals surface area contributed by atoms with Gasteiger partial charge in [-0.25, -0.2) is 4.68 Å². The number of benzene rings is 1. The van der Waals surface area contributed by atoms with E-state index in [4.69, 9.17) is 16.3 Å². The van der Waals surface area contributed by atoms with E-state index in [1.165, 1.54) is 0 Å². The lowest BCUT2D eigenvalue weighted by atomic mass is 10.2. The van der Waals surface area contributed by atoms with Gasteiger partial charge in [0.15, 0.2) is 0 Å². The average molecular weight is 308 g/mol. The van der Waals surface area contributed by atoms with Crippen LogP contribution in [0.2, 0.25) is 0 Å². The number of aryl methyl sites for hydroxylation is 1. The van der Waals surface area contributed by atoms with Crippen molar-refractivity contribution in [3.8, 4) is 5.69 Å². The molecule has 0 aliphatic rings. The number of alkyl halides is 1. The van der Waals surface area contributed by atoms with Crippen molar-refractivity contribution in [2.45, 2.75) is 25.8 Å². The maximum absolute atomic E-state index is 6.15. The summed E-state index contributed by atoms with van der Waals surface area (Å²) in [5.41, 5.74) is 3.05. The summed E-state index contributed by atoms with van der Waals surface area (Å²) in [7, 11) is 3.77. The molecule has 0 N–H and O–H groups in total. The number of ether oxygens (including phenoxy) is 1. The number of anilines is 1. The highest BCUT2D eigenvalue weighted by molar-refractivity contribution is 6.17. The molecule has 0 aliphatic heterocycles. The Morgan fingerprint density at radius 3 is 2.57 bits per heavy atom. The predicted octanol–water partition coefficient (Wildman–Crippen LogP) is 3.39. The van der Waals surface area contributed by atoms with Gasteiger partial charge >= 0.3 is 0 Å². The molecule has 114 valence electrons. The van der Waals surface area contributed by atoms with Gasteiger partial charge in [0.2, 0.25) is 0 Å². The summed E-state index contributed by atoms with van der Waals surface area (Å²) < 4.78 is 7.23. The Morgan fingerprint density at radius 1 is 1.33 bits per heavy atom. The summed E-state index contributed by atoms with van der Waals surface area (Å²) in [5, 5.41) is 4.67. The van der Waals surface area contributed by atoms with Crippen molar-refractivity contribution in [3.05, 3.63) is 41.6 Å². The quantitative estimate of drug-likeness (QED) is 0.766. The molecular formula is C16H22ClN3O. The molecule has 0 bridgehead atoms. The van der Waals surface area contributed by atoms with Crippen molar-refractivity contribution in [1.82, 2.24) is 9.78 Å². The van der Waals surface area contributed by atoms with E-state index in [2.05, 4.69) is 24.0 Å². The number of methoxy groups -OCH3 is 1. The zero-order valence-electron chi connectivity index (χ0n) is 13.0. The molecule has 1 aromatic heterocycles.